The molecule has 4 heteroatoms. The van der Waals surface area contributed by atoms with Gasteiger partial charge in [-0.25, -0.2) is 0 Å². The minimum Gasteiger partial charge on any atom is -0.351 e. The van der Waals surface area contributed by atoms with Gasteiger partial charge >= 0.3 is 0 Å². The number of amides is 1. The number of hydrogen-bond donors (Lipinski definition) is 2. The lowest BCUT2D eigenvalue weighted by atomic mass is 9.89. The minimum absolute atomic E-state index is 0.0450. The van der Waals surface area contributed by atoms with Gasteiger partial charge in [0.25, 0.3) is 0 Å². The SMILES string of the molecule is C=CCNC(=O)C(C)N1CCC(C)(NC)CC1. The fourth-order valence-electron chi connectivity index (χ4n) is 2.14. The Balaban J connectivity index is 2.42. The van der Waals surface area contributed by atoms with Crippen LogP contribution in [0.5, 0.6) is 0 Å². The smallest absolute Gasteiger partial charge is 0.237 e. The van der Waals surface area contributed by atoms with Crippen LogP contribution in [0, 0.1) is 0 Å². The van der Waals surface area contributed by atoms with Gasteiger partial charge < -0.3 is 10.6 Å². The van der Waals surface area contributed by atoms with Crippen molar-refractivity contribution in [3.63, 3.8) is 0 Å². The lowest BCUT2D eigenvalue weighted by molar-refractivity contribution is -0.126. The molecule has 4 nitrogen and oxygen atoms in total. The third-order valence-corrected chi connectivity index (χ3v) is 3.85. The average Bonchev–Trinajstić information content (AvgIpc) is 2.36. The van der Waals surface area contributed by atoms with E-state index in [0.717, 1.165) is 25.9 Å². The largest absolute Gasteiger partial charge is 0.351 e. The van der Waals surface area contributed by atoms with Gasteiger partial charge in [-0.05, 0) is 33.7 Å². The van der Waals surface area contributed by atoms with Gasteiger partial charge in [0.15, 0.2) is 0 Å². The Morgan fingerprint density at radius 2 is 2.12 bits per heavy atom. The number of nitrogens with one attached hydrogen (secondary N) is 2. The lowest BCUT2D eigenvalue weighted by Crippen LogP contribution is -2.54. The Bertz CT molecular complexity index is 270. The van der Waals surface area contributed by atoms with E-state index in [0.29, 0.717) is 6.54 Å². The highest BCUT2D eigenvalue weighted by Crippen LogP contribution is 2.22. The summed E-state index contributed by atoms with van der Waals surface area (Å²) in [6.45, 7) is 10.3. The van der Waals surface area contributed by atoms with E-state index in [1.54, 1.807) is 6.08 Å². The zero-order valence-corrected chi connectivity index (χ0v) is 11.3. The van der Waals surface area contributed by atoms with Crippen molar-refractivity contribution in [2.24, 2.45) is 0 Å². The van der Waals surface area contributed by atoms with Gasteiger partial charge in [-0.3, -0.25) is 9.69 Å². The molecule has 1 atom stereocenters. The van der Waals surface area contributed by atoms with Crippen LogP contribution in [0.2, 0.25) is 0 Å². The summed E-state index contributed by atoms with van der Waals surface area (Å²) >= 11 is 0. The first kappa shape index (κ1) is 14.2. The van der Waals surface area contributed by atoms with Crippen molar-refractivity contribution >= 4 is 5.91 Å². The zero-order chi connectivity index (χ0) is 12.9. The Hall–Kier alpha value is -0.870. The number of likely N-dealkylation sites (tertiary alicyclic amines) is 1. The highest BCUT2D eigenvalue weighted by molar-refractivity contribution is 5.81. The normalized spacial score (nSPS) is 21.8. The van der Waals surface area contributed by atoms with Crippen molar-refractivity contribution in [2.75, 3.05) is 26.7 Å². The van der Waals surface area contributed by atoms with Gasteiger partial charge in [0.05, 0.1) is 6.04 Å². The first-order valence-electron chi connectivity index (χ1n) is 6.34. The van der Waals surface area contributed by atoms with E-state index in [4.69, 9.17) is 0 Å². The number of carbonyl (C=O) groups is 1. The molecular weight excluding hydrogens is 214 g/mol. The van der Waals surface area contributed by atoms with E-state index in [2.05, 4.69) is 29.0 Å². The summed E-state index contributed by atoms with van der Waals surface area (Å²) in [5.74, 6) is 0.0953. The molecule has 0 bridgehead atoms. The topological polar surface area (TPSA) is 44.4 Å². The monoisotopic (exact) mass is 239 g/mol. The lowest BCUT2D eigenvalue weighted by Gasteiger charge is -2.41. The van der Waals surface area contributed by atoms with Gasteiger partial charge in [0.2, 0.25) is 5.91 Å². The van der Waals surface area contributed by atoms with E-state index in [-0.39, 0.29) is 17.5 Å². The predicted octanol–water partition coefficient (Wildman–Crippen LogP) is 0.751. The molecule has 1 aliphatic heterocycles. The first-order valence-corrected chi connectivity index (χ1v) is 6.34. The molecule has 0 radical (unpaired) electrons. The summed E-state index contributed by atoms with van der Waals surface area (Å²) in [4.78, 5) is 14.1. The van der Waals surface area contributed by atoms with Gasteiger partial charge in [0.1, 0.15) is 0 Å². The van der Waals surface area contributed by atoms with Crippen LogP contribution in [0.25, 0.3) is 0 Å². The molecule has 1 fully saturated rings. The second-order valence-corrected chi connectivity index (χ2v) is 5.06. The van der Waals surface area contributed by atoms with Crippen molar-refractivity contribution in [3.8, 4) is 0 Å². The molecule has 2 N–H and O–H groups in total. The molecule has 0 aliphatic carbocycles. The van der Waals surface area contributed by atoms with Crippen molar-refractivity contribution in [2.45, 2.75) is 38.3 Å². The van der Waals surface area contributed by atoms with Crippen LogP contribution < -0.4 is 10.6 Å². The maximum absolute atomic E-state index is 11.8. The van der Waals surface area contributed by atoms with Crippen LogP contribution in [0.1, 0.15) is 26.7 Å². The maximum Gasteiger partial charge on any atom is 0.237 e. The zero-order valence-electron chi connectivity index (χ0n) is 11.3. The molecule has 0 aromatic rings. The standard InChI is InChI=1S/C13H25N3O/c1-5-8-15-12(17)11(2)16-9-6-13(3,14-4)7-10-16/h5,11,14H,1,6-10H2,2-4H3,(H,15,17). The second-order valence-electron chi connectivity index (χ2n) is 5.06. The number of hydrogen-bond acceptors (Lipinski definition) is 3. The molecule has 1 rings (SSSR count). The van der Waals surface area contributed by atoms with Gasteiger partial charge in [-0.1, -0.05) is 6.08 Å². The number of piperidine rings is 1. The summed E-state index contributed by atoms with van der Waals surface area (Å²) in [5.41, 5.74) is 0.230. The van der Waals surface area contributed by atoms with Crippen molar-refractivity contribution in [1.29, 1.82) is 0 Å². The molecule has 1 saturated heterocycles. The van der Waals surface area contributed by atoms with Crippen LogP contribution >= 0.6 is 0 Å². The van der Waals surface area contributed by atoms with E-state index in [1.807, 2.05) is 14.0 Å². The molecule has 0 saturated carbocycles. The van der Waals surface area contributed by atoms with Crippen molar-refractivity contribution in [1.82, 2.24) is 15.5 Å². The molecule has 0 aromatic heterocycles. The van der Waals surface area contributed by atoms with Gasteiger partial charge in [-0.2, -0.15) is 0 Å². The average molecular weight is 239 g/mol. The maximum atomic E-state index is 11.8. The third kappa shape index (κ3) is 3.82. The summed E-state index contributed by atoms with van der Waals surface area (Å²) in [5, 5.41) is 6.21. The summed E-state index contributed by atoms with van der Waals surface area (Å²) in [7, 11) is 2.01. The molecule has 1 unspecified atom stereocenters. The number of carbonyl (C=O) groups excluding carboxylic acids is 1. The van der Waals surface area contributed by atoms with Crippen LogP contribution in [-0.4, -0.2) is 49.1 Å². The molecule has 98 valence electrons. The summed E-state index contributed by atoms with van der Waals surface area (Å²) in [6.07, 6.45) is 3.88. The third-order valence-electron chi connectivity index (χ3n) is 3.85. The van der Waals surface area contributed by atoms with E-state index in [1.165, 1.54) is 0 Å². The number of nitrogens with zero attached hydrogens (tertiary/aromatic N) is 1. The van der Waals surface area contributed by atoms with Crippen LogP contribution in [0.4, 0.5) is 0 Å². The summed E-state index contributed by atoms with van der Waals surface area (Å²) < 4.78 is 0. The molecular formula is C13H25N3O. The van der Waals surface area contributed by atoms with Gasteiger partial charge in [0, 0.05) is 25.2 Å². The number of rotatable bonds is 5. The Morgan fingerprint density at radius 1 is 1.53 bits per heavy atom. The fraction of sp³-hybridized carbons (Fsp3) is 0.769. The molecule has 1 aliphatic rings. The van der Waals surface area contributed by atoms with E-state index >= 15 is 0 Å². The molecule has 1 heterocycles. The molecule has 1 amide bonds. The van der Waals surface area contributed by atoms with E-state index in [9.17, 15) is 4.79 Å². The minimum atomic E-state index is -0.0450. The summed E-state index contributed by atoms with van der Waals surface area (Å²) in [6, 6.07) is -0.0450. The quantitative estimate of drug-likeness (QED) is 0.696. The fourth-order valence-corrected chi connectivity index (χ4v) is 2.14. The predicted molar refractivity (Wildman–Crippen MR) is 70.9 cm³/mol. The van der Waals surface area contributed by atoms with Crippen LogP contribution in [0.15, 0.2) is 12.7 Å². The van der Waals surface area contributed by atoms with Crippen molar-refractivity contribution in [3.05, 3.63) is 12.7 Å². The Morgan fingerprint density at radius 3 is 2.59 bits per heavy atom. The van der Waals surface area contributed by atoms with Crippen LogP contribution in [0.3, 0.4) is 0 Å². The van der Waals surface area contributed by atoms with Gasteiger partial charge in [-0.15, -0.1) is 6.58 Å². The highest BCUT2D eigenvalue weighted by Gasteiger charge is 2.31. The molecule has 0 spiro atoms. The van der Waals surface area contributed by atoms with Crippen LogP contribution in [-0.2, 0) is 4.79 Å². The molecule has 17 heavy (non-hydrogen) atoms. The molecule has 0 aromatic carbocycles. The van der Waals surface area contributed by atoms with E-state index < -0.39 is 0 Å². The van der Waals surface area contributed by atoms with Crippen molar-refractivity contribution < 1.29 is 4.79 Å². The highest BCUT2D eigenvalue weighted by atomic mass is 16.2. The Kier molecular flexibility index (Phi) is 5.15. The Labute approximate surface area is 104 Å². The first-order chi connectivity index (χ1) is 8.02. The second kappa shape index (κ2) is 6.17.